The summed E-state index contributed by atoms with van der Waals surface area (Å²) in [7, 11) is 0. The molecule has 0 amide bonds. The lowest BCUT2D eigenvalue weighted by Crippen LogP contribution is -2.18. The third kappa shape index (κ3) is 3.33. The van der Waals surface area contributed by atoms with Crippen molar-refractivity contribution in [3.05, 3.63) is 34.9 Å². The maximum Gasteiger partial charge on any atom is 0.0766 e. The van der Waals surface area contributed by atoms with E-state index < -0.39 is 5.41 Å². The number of benzene rings is 1. The fraction of sp³-hybridized carbons (Fsp3) is 0.533. The first-order valence-electron chi connectivity index (χ1n) is 5.83. The zero-order chi connectivity index (χ0) is 13.3. The lowest BCUT2D eigenvalue weighted by Gasteiger charge is -2.24. The molecule has 0 fully saturated rings. The highest BCUT2D eigenvalue weighted by Gasteiger charge is 2.23. The predicted molar refractivity (Wildman–Crippen MR) is 76.4 cm³/mol. The van der Waals surface area contributed by atoms with Crippen LogP contribution in [0.15, 0.2) is 18.2 Å². The van der Waals surface area contributed by atoms with Crippen molar-refractivity contribution in [1.29, 1.82) is 5.26 Å². The number of hydrogen-bond acceptors (Lipinski definition) is 1. The molecule has 0 saturated heterocycles. The molecule has 0 N–H and O–H groups in total. The molecule has 1 rings (SSSR count). The van der Waals surface area contributed by atoms with Crippen LogP contribution in [0.25, 0.3) is 0 Å². The molecule has 0 spiro atoms. The second-order valence-electron chi connectivity index (χ2n) is 6.04. The average Bonchev–Trinajstić information content (AvgIpc) is 2.27. The van der Waals surface area contributed by atoms with Crippen LogP contribution >= 0.6 is 15.9 Å². The minimum Gasteiger partial charge on any atom is -0.197 e. The fourth-order valence-electron chi connectivity index (χ4n) is 1.63. The van der Waals surface area contributed by atoms with Gasteiger partial charge in [0.05, 0.1) is 11.5 Å². The van der Waals surface area contributed by atoms with Crippen LogP contribution in [0.2, 0.25) is 0 Å². The summed E-state index contributed by atoms with van der Waals surface area (Å²) in [5.41, 5.74) is 3.29. The van der Waals surface area contributed by atoms with Gasteiger partial charge in [0.1, 0.15) is 0 Å². The van der Waals surface area contributed by atoms with Crippen LogP contribution in [0.1, 0.15) is 51.3 Å². The van der Waals surface area contributed by atoms with Crippen LogP contribution in [0.3, 0.4) is 0 Å². The van der Waals surface area contributed by atoms with Crippen molar-refractivity contribution in [2.75, 3.05) is 0 Å². The number of nitrogens with zero attached hydrogens (tertiary/aromatic N) is 1. The fourth-order valence-corrected chi connectivity index (χ4v) is 1.95. The van der Waals surface area contributed by atoms with Crippen molar-refractivity contribution in [2.24, 2.45) is 0 Å². The van der Waals surface area contributed by atoms with Gasteiger partial charge in [0.25, 0.3) is 0 Å². The maximum atomic E-state index is 9.24. The Morgan fingerprint density at radius 2 is 1.59 bits per heavy atom. The van der Waals surface area contributed by atoms with Gasteiger partial charge in [-0.25, -0.2) is 0 Å². The van der Waals surface area contributed by atoms with Crippen LogP contribution in [-0.4, -0.2) is 0 Å². The van der Waals surface area contributed by atoms with E-state index in [-0.39, 0.29) is 5.41 Å². The van der Waals surface area contributed by atoms with Crippen LogP contribution < -0.4 is 0 Å². The lowest BCUT2D eigenvalue weighted by molar-refractivity contribution is 0.584. The van der Waals surface area contributed by atoms with Crippen LogP contribution in [0.5, 0.6) is 0 Å². The third-order valence-corrected chi connectivity index (χ3v) is 3.66. The van der Waals surface area contributed by atoms with Gasteiger partial charge in [-0.1, -0.05) is 54.9 Å². The first-order chi connectivity index (χ1) is 7.70. The molecule has 0 radical (unpaired) electrons. The topological polar surface area (TPSA) is 23.8 Å². The molecule has 1 aromatic carbocycles. The van der Waals surface area contributed by atoms with Gasteiger partial charge >= 0.3 is 0 Å². The summed E-state index contributed by atoms with van der Waals surface area (Å²) in [4.78, 5) is 0. The SMILES string of the molecule is CC(C)(C)c1cc(CBr)cc(C(C)(C)C#N)c1. The Kier molecular flexibility index (Phi) is 4.04. The maximum absolute atomic E-state index is 9.24. The first-order valence-corrected chi connectivity index (χ1v) is 6.95. The predicted octanol–water partition coefficient (Wildman–Crippen LogP) is 4.68. The van der Waals surface area contributed by atoms with E-state index in [0.29, 0.717) is 0 Å². The Bertz CT molecular complexity index is 447. The number of alkyl halides is 1. The molecule has 0 unspecified atom stereocenters. The minimum atomic E-state index is -0.432. The molecule has 0 aromatic heterocycles. The summed E-state index contributed by atoms with van der Waals surface area (Å²) < 4.78 is 0. The van der Waals surface area contributed by atoms with Gasteiger partial charge in [-0.05, 0) is 36.0 Å². The lowest BCUT2D eigenvalue weighted by atomic mass is 9.79. The summed E-state index contributed by atoms with van der Waals surface area (Å²) in [6.07, 6.45) is 0. The number of halogens is 1. The second kappa shape index (κ2) is 4.82. The Labute approximate surface area is 113 Å². The Morgan fingerprint density at radius 3 is 2.00 bits per heavy atom. The minimum absolute atomic E-state index is 0.110. The molecule has 0 aliphatic rings. The molecule has 0 bridgehead atoms. The zero-order valence-corrected chi connectivity index (χ0v) is 12.9. The van der Waals surface area contributed by atoms with Crippen molar-refractivity contribution in [1.82, 2.24) is 0 Å². The standard InChI is InChI=1S/C15H20BrN/c1-14(2,3)12-6-11(9-16)7-13(8-12)15(4,5)10-17/h6-8H,9H2,1-5H3. The van der Waals surface area contributed by atoms with E-state index in [2.05, 4.69) is 61.0 Å². The zero-order valence-electron chi connectivity index (χ0n) is 11.3. The quantitative estimate of drug-likeness (QED) is 0.726. The molecular formula is C15H20BrN. The van der Waals surface area contributed by atoms with E-state index in [1.807, 2.05) is 13.8 Å². The normalized spacial score (nSPS) is 12.3. The largest absolute Gasteiger partial charge is 0.197 e. The number of rotatable bonds is 2. The van der Waals surface area contributed by atoms with Crippen molar-refractivity contribution < 1.29 is 0 Å². The van der Waals surface area contributed by atoms with Crippen LogP contribution in [0.4, 0.5) is 0 Å². The van der Waals surface area contributed by atoms with Crippen LogP contribution in [0, 0.1) is 11.3 Å². The van der Waals surface area contributed by atoms with Gasteiger partial charge in [0.2, 0.25) is 0 Å². The van der Waals surface area contributed by atoms with Gasteiger partial charge in [0, 0.05) is 5.33 Å². The van der Waals surface area contributed by atoms with Crippen molar-refractivity contribution >= 4 is 15.9 Å². The van der Waals surface area contributed by atoms with E-state index in [1.165, 1.54) is 11.1 Å². The average molecular weight is 294 g/mol. The molecule has 1 aromatic rings. The van der Waals surface area contributed by atoms with E-state index in [4.69, 9.17) is 0 Å². The van der Waals surface area contributed by atoms with Crippen molar-refractivity contribution in [3.63, 3.8) is 0 Å². The van der Waals surface area contributed by atoms with Gasteiger partial charge < -0.3 is 0 Å². The van der Waals surface area contributed by atoms with Gasteiger partial charge in [-0.2, -0.15) is 5.26 Å². The number of nitriles is 1. The smallest absolute Gasteiger partial charge is 0.0766 e. The molecule has 2 heteroatoms. The summed E-state index contributed by atoms with van der Waals surface area (Å²) in [5.74, 6) is 0. The molecule has 0 aliphatic carbocycles. The molecular weight excluding hydrogens is 274 g/mol. The summed E-state index contributed by atoms with van der Waals surface area (Å²) in [6.45, 7) is 10.5. The van der Waals surface area contributed by atoms with Gasteiger partial charge in [0.15, 0.2) is 0 Å². The molecule has 0 atom stereocenters. The summed E-state index contributed by atoms with van der Waals surface area (Å²) in [5, 5.41) is 10.1. The van der Waals surface area contributed by atoms with E-state index in [0.717, 1.165) is 10.9 Å². The van der Waals surface area contributed by atoms with E-state index >= 15 is 0 Å². The van der Waals surface area contributed by atoms with E-state index in [9.17, 15) is 5.26 Å². The van der Waals surface area contributed by atoms with Crippen molar-refractivity contribution in [2.45, 2.75) is 50.8 Å². The monoisotopic (exact) mass is 293 g/mol. The van der Waals surface area contributed by atoms with Crippen molar-refractivity contribution in [3.8, 4) is 6.07 Å². The summed E-state index contributed by atoms with van der Waals surface area (Å²) in [6, 6.07) is 8.87. The summed E-state index contributed by atoms with van der Waals surface area (Å²) >= 11 is 3.50. The highest BCUT2D eigenvalue weighted by atomic mass is 79.9. The second-order valence-corrected chi connectivity index (χ2v) is 6.60. The molecule has 1 nitrogen and oxygen atoms in total. The third-order valence-electron chi connectivity index (χ3n) is 3.01. The number of hydrogen-bond donors (Lipinski definition) is 0. The molecule has 17 heavy (non-hydrogen) atoms. The van der Waals surface area contributed by atoms with Gasteiger partial charge in [-0.3, -0.25) is 0 Å². The highest BCUT2D eigenvalue weighted by Crippen LogP contribution is 2.30. The Hall–Kier alpha value is -0.810. The molecule has 92 valence electrons. The Morgan fingerprint density at radius 1 is 1.06 bits per heavy atom. The highest BCUT2D eigenvalue weighted by molar-refractivity contribution is 9.08. The molecule has 0 heterocycles. The van der Waals surface area contributed by atoms with E-state index in [1.54, 1.807) is 0 Å². The molecule has 0 saturated carbocycles. The first kappa shape index (κ1) is 14.3. The Balaban J connectivity index is 3.40. The molecule has 0 aliphatic heterocycles. The van der Waals surface area contributed by atoms with Gasteiger partial charge in [-0.15, -0.1) is 0 Å². The van der Waals surface area contributed by atoms with Crippen LogP contribution in [-0.2, 0) is 16.2 Å².